The van der Waals surface area contributed by atoms with Crippen LogP contribution in [0.5, 0.6) is 0 Å². The third-order valence-corrected chi connectivity index (χ3v) is 6.02. The van der Waals surface area contributed by atoms with E-state index in [9.17, 15) is 9.59 Å². The van der Waals surface area contributed by atoms with Gasteiger partial charge in [-0.15, -0.1) is 0 Å². The fourth-order valence-electron chi connectivity index (χ4n) is 4.09. The van der Waals surface area contributed by atoms with Crippen molar-refractivity contribution in [3.05, 3.63) is 60.8 Å². The number of amides is 2. The molecule has 0 radical (unpaired) electrons. The summed E-state index contributed by atoms with van der Waals surface area (Å²) in [6.07, 6.45) is 4.39. The Labute approximate surface area is 206 Å². The second-order valence-corrected chi connectivity index (χ2v) is 8.67. The molecule has 4 rings (SSSR count). The zero-order valence-electron chi connectivity index (χ0n) is 20.3. The third-order valence-electron chi connectivity index (χ3n) is 6.02. The van der Waals surface area contributed by atoms with Crippen molar-refractivity contribution in [1.82, 2.24) is 14.9 Å². The first-order valence-corrected chi connectivity index (χ1v) is 12.1. The van der Waals surface area contributed by atoms with Crippen LogP contribution < -0.4 is 15.5 Å². The molecule has 8 nitrogen and oxygen atoms in total. The van der Waals surface area contributed by atoms with Crippen LogP contribution in [0.2, 0.25) is 0 Å². The number of carbonyl (C=O) groups is 2. The van der Waals surface area contributed by atoms with Crippen LogP contribution in [0, 0.1) is 0 Å². The quantitative estimate of drug-likeness (QED) is 0.495. The van der Waals surface area contributed by atoms with Gasteiger partial charge in [-0.25, -0.2) is 9.97 Å². The molecular formula is C27H32N6O2. The summed E-state index contributed by atoms with van der Waals surface area (Å²) in [5.74, 6) is 0.689. The molecule has 0 bridgehead atoms. The van der Waals surface area contributed by atoms with Crippen molar-refractivity contribution in [1.29, 1.82) is 0 Å². The highest BCUT2D eigenvalue weighted by atomic mass is 16.2. The predicted molar refractivity (Wildman–Crippen MR) is 140 cm³/mol. The summed E-state index contributed by atoms with van der Waals surface area (Å²) in [5.41, 5.74) is 4.52. The van der Waals surface area contributed by atoms with Gasteiger partial charge >= 0.3 is 0 Å². The van der Waals surface area contributed by atoms with E-state index in [1.54, 1.807) is 6.20 Å². The van der Waals surface area contributed by atoms with Gasteiger partial charge in [0, 0.05) is 68.3 Å². The number of unbranched alkanes of at least 4 members (excludes halogenated alkanes) is 1. The lowest BCUT2D eigenvalue weighted by molar-refractivity contribution is -0.131. The zero-order chi connectivity index (χ0) is 24.6. The summed E-state index contributed by atoms with van der Waals surface area (Å²) in [4.78, 5) is 36.7. The highest BCUT2D eigenvalue weighted by molar-refractivity contribution is 5.88. The van der Waals surface area contributed by atoms with Gasteiger partial charge < -0.3 is 20.4 Å². The number of piperazine rings is 1. The molecule has 8 heteroatoms. The van der Waals surface area contributed by atoms with Crippen molar-refractivity contribution in [3.8, 4) is 11.3 Å². The Balaban J connectivity index is 1.34. The van der Waals surface area contributed by atoms with Gasteiger partial charge in [0.2, 0.25) is 17.8 Å². The number of hydrogen-bond donors (Lipinski definition) is 2. The number of nitrogens with one attached hydrogen (secondary N) is 2. The van der Waals surface area contributed by atoms with Crippen molar-refractivity contribution >= 4 is 34.8 Å². The second kappa shape index (κ2) is 11.5. The summed E-state index contributed by atoms with van der Waals surface area (Å²) in [6, 6.07) is 17.6. The largest absolute Gasteiger partial charge is 0.368 e. The molecule has 1 aromatic heterocycles. The van der Waals surface area contributed by atoms with Gasteiger partial charge in [-0.1, -0.05) is 25.5 Å². The van der Waals surface area contributed by atoms with Crippen LogP contribution in [0.3, 0.4) is 0 Å². The van der Waals surface area contributed by atoms with E-state index in [0.29, 0.717) is 12.4 Å². The number of anilines is 4. The summed E-state index contributed by atoms with van der Waals surface area (Å²) in [7, 11) is 0. The van der Waals surface area contributed by atoms with Crippen LogP contribution in [-0.4, -0.2) is 52.9 Å². The fourth-order valence-corrected chi connectivity index (χ4v) is 4.09. The number of aromatic nitrogens is 2. The first-order chi connectivity index (χ1) is 17.0. The van der Waals surface area contributed by atoms with Gasteiger partial charge in [-0.2, -0.15) is 0 Å². The van der Waals surface area contributed by atoms with E-state index >= 15 is 0 Å². The number of nitrogens with zero attached hydrogens (tertiary/aromatic N) is 4. The number of hydrogen-bond acceptors (Lipinski definition) is 6. The molecule has 1 fully saturated rings. The Morgan fingerprint density at radius 2 is 1.60 bits per heavy atom. The predicted octanol–water partition coefficient (Wildman–Crippen LogP) is 4.68. The lowest BCUT2D eigenvalue weighted by Gasteiger charge is -2.36. The average Bonchev–Trinajstić information content (AvgIpc) is 2.88. The minimum Gasteiger partial charge on any atom is -0.368 e. The summed E-state index contributed by atoms with van der Waals surface area (Å²) in [6.45, 7) is 6.83. The molecule has 1 saturated heterocycles. The molecule has 0 spiro atoms. The average molecular weight is 473 g/mol. The van der Waals surface area contributed by atoms with E-state index in [2.05, 4.69) is 44.6 Å². The molecule has 1 aliphatic rings. The van der Waals surface area contributed by atoms with E-state index in [0.717, 1.165) is 67.3 Å². The monoisotopic (exact) mass is 472 g/mol. The van der Waals surface area contributed by atoms with Crippen molar-refractivity contribution in [3.63, 3.8) is 0 Å². The van der Waals surface area contributed by atoms with Crippen molar-refractivity contribution in [2.24, 2.45) is 0 Å². The van der Waals surface area contributed by atoms with Gasteiger partial charge in [0.25, 0.3) is 0 Å². The molecule has 182 valence electrons. The Morgan fingerprint density at radius 3 is 2.26 bits per heavy atom. The van der Waals surface area contributed by atoms with Crippen LogP contribution in [0.25, 0.3) is 11.3 Å². The molecule has 2 N–H and O–H groups in total. The van der Waals surface area contributed by atoms with Gasteiger partial charge in [0.1, 0.15) is 0 Å². The first-order valence-electron chi connectivity index (χ1n) is 12.1. The van der Waals surface area contributed by atoms with E-state index in [1.807, 2.05) is 47.4 Å². The lowest BCUT2D eigenvalue weighted by Crippen LogP contribution is -2.48. The number of carbonyl (C=O) groups excluding carboxylic acids is 2. The van der Waals surface area contributed by atoms with Crippen LogP contribution >= 0.6 is 0 Å². The van der Waals surface area contributed by atoms with E-state index in [1.165, 1.54) is 6.92 Å². The zero-order valence-corrected chi connectivity index (χ0v) is 20.3. The Hall–Kier alpha value is -3.94. The van der Waals surface area contributed by atoms with Crippen LogP contribution in [0.1, 0.15) is 33.1 Å². The molecule has 1 aliphatic heterocycles. The Bertz CT molecular complexity index is 1140. The molecular weight excluding hydrogens is 440 g/mol. The molecule has 2 aromatic carbocycles. The normalized spacial score (nSPS) is 13.4. The Morgan fingerprint density at radius 1 is 0.914 bits per heavy atom. The Kier molecular flexibility index (Phi) is 7.92. The third kappa shape index (κ3) is 6.56. The van der Waals surface area contributed by atoms with Crippen molar-refractivity contribution in [2.75, 3.05) is 41.7 Å². The minimum absolute atomic E-state index is 0.0999. The maximum absolute atomic E-state index is 12.3. The van der Waals surface area contributed by atoms with E-state index in [-0.39, 0.29) is 11.8 Å². The minimum atomic E-state index is -0.0999. The highest BCUT2D eigenvalue weighted by Crippen LogP contribution is 2.24. The highest BCUT2D eigenvalue weighted by Gasteiger charge is 2.20. The van der Waals surface area contributed by atoms with Crippen LogP contribution in [-0.2, 0) is 9.59 Å². The molecule has 2 amide bonds. The van der Waals surface area contributed by atoms with Crippen LogP contribution in [0.4, 0.5) is 23.0 Å². The first kappa shape index (κ1) is 24.2. The lowest BCUT2D eigenvalue weighted by atomic mass is 10.1. The topological polar surface area (TPSA) is 90.5 Å². The molecule has 2 heterocycles. The van der Waals surface area contributed by atoms with E-state index < -0.39 is 0 Å². The molecule has 0 atom stereocenters. The molecule has 35 heavy (non-hydrogen) atoms. The fraction of sp³-hybridized carbons (Fsp3) is 0.333. The van der Waals surface area contributed by atoms with Gasteiger partial charge in [0.05, 0.1) is 5.69 Å². The van der Waals surface area contributed by atoms with Gasteiger partial charge in [-0.05, 0) is 48.9 Å². The van der Waals surface area contributed by atoms with Crippen molar-refractivity contribution < 1.29 is 9.59 Å². The maximum Gasteiger partial charge on any atom is 0.227 e. The summed E-state index contributed by atoms with van der Waals surface area (Å²) in [5, 5.41) is 6.04. The van der Waals surface area contributed by atoms with E-state index in [4.69, 9.17) is 0 Å². The molecule has 3 aromatic rings. The second-order valence-electron chi connectivity index (χ2n) is 8.67. The van der Waals surface area contributed by atoms with Gasteiger partial charge in [0.15, 0.2) is 0 Å². The number of benzene rings is 2. The van der Waals surface area contributed by atoms with Crippen molar-refractivity contribution in [2.45, 2.75) is 33.1 Å². The molecule has 0 unspecified atom stereocenters. The standard InChI is InChI=1S/C27H32N6O2/c1-3-4-5-26(35)33-18-16-32(17-19-33)24-12-10-23(11-13-24)30-27-28-15-14-25(31-27)21-6-8-22(9-7-21)29-20(2)34/h6-15H,3-5,16-19H2,1-2H3,(H,29,34)(H,28,30,31). The van der Waals surface area contributed by atoms with Gasteiger partial charge in [-0.3, -0.25) is 9.59 Å². The maximum atomic E-state index is 12.3. The number of rotatable bonds is 8. The molecule has 0 saturated carbocycles. The SMILES string of the molecule is CCCCC(=O)N1CCN(c2ccc(Nc3nccc(-c4ccc(NC(C)=O)cc4)n3)cc2)CC1. The molecule has 0 aliphatic carbocycles. The summed E-state index contributed by atoms with van der Waals surface area (Å²) < 4.78 is 0. The smallest absolute Gasteiger partial charge is 0.227 e. The van der Waals surface area contributed by atoms with Crippen LogP contribution in [0.15, 0.2) is 60.8 Å². The summed E-state index contributed by atoms with van der Waals surface area (Å²) >= 11 is 0.